The van der Waals surface area contributed by atoms with E-state index in [-0.39, 0.29) is 6.03 Å². The van der Waals surface area contributed by atoms with Crippen molar-refractivity contribution in [2.75, 3.05) is 0 Å². The van der Waals surface area contributed by atoms with Crippen LogP contribution in [0.4, 0.5) is 4.79 Å². The maximum Gasteiger partial charge on any atom is 0.315 e. The Morgan fingerprint density at radius 2 is 2.30 bits per heavy atom. The van der Waals surface area contributed by atoms with Gasteiger partial charge in [0.2, 0.25) is 0 Å². The molecule has 1 aliphatic carbocycles. The molecule has 6 nitrogen and oxygen atoms in total. The average molecular weight is 291 g/mol. The highest BCUT2D eigenvalue weighted by Gasteiger charge is 2.16. The molecule has 1 aliphatic rings. The number of rotatable bonds is 4. The number of carbonyl (C=O) groups is 1. The molecule has 2 N–H and O–H groups in total. The summed E-state index contributed by atoms with van der Waals surface area (Å²) in [6.07, 6.45) is 6.42. The number of nitrogens with one attached hydrogen (secondary N) is 2. The van der Waals surface area contributed by atoms with Gasteiger partial charge in [-0.1, -0.05) is 18.1 Å². The SMILES string of the molecule is O=C(NCc1cn(-c2cccs2)nn1)NC1CCCC1. The number of nitrogens with zero attached hydrogens (tertiary/aromatic N) is 3. The van der Waals surface area contributed by atoms with E-state index in [1.54, 1.807) is 16.0 Å². The smallest absolute Gasteiger partial charge is 0.315 e. The highest BCUT2D eigenvalue weighted by Crippen LogP contribution is 2.17. The summed E-state index contributed by atoms with van der Waals surface area (Å²) in [6.45, 7) is 0.393. The molecular weight excluding hydrogens is 274 g/mol. The number of hydrogen-bond acceptors (Lipinski definition) is 4. The van der Waals surface area contributed by atoms with Gasteiger partial charge in [-0.15, -0.1) is 16.4 Å². The first-order valence-electron chi connectivity index (χ1n) is 6.81. The second-order valence-corrected chi connectivity index (χ2v) is 5.84. The van der Waals surface area contributed by atoms with Gasteiger partial charge in [-0.3, -0.25) is 0 Å². The maximum atomic E-state index is 11.7. The summed E-state index contributed by atoms with van der Waals surface area (Å²) in [6, 6.07) is 4.15. The summed E-state index contributed by atoms with van der Waals surface area (Å²) in [4.78, 5) is 11.7. The monoisotopic (exact) mass is 291 g/mol. The van der Waals surface area contributed by atoms with Gasteiger partial charge in [0.1, 0.15) is 10.7 Å². The lowest BCUT2D eigenvalue weighted by Crippen LogP contribution is -2.40. The van der Waals surface area contributed by atoms with Crippen molar-refractivity contribution in [3.63, 3.8) is 0 Å². The van der Waals surface area contributed by atoms with Gasteiger partial charge in [0.05, 0.1) is 12.7 Å². The molecule has 106 valence electrons. The van der Waals surface area contributed by atoms with Gasteiger partial charge in [-0.2, -0.15) is 0 Å². The molecule has 20 heavy (non-hydrogen) atoms. The van der Waals surface area contributed by atoms with Crippen molar-refractivity contribution < 1.29 is 4.79 Å². The Balaban J connectivity index is 1.49. The third kappa shape index (κ3) is 3.16. The molecule has 0 unspecified atom stereocenters. The van der Waals surface area contributed by atoms with E-state index in [0.29, 0.717) is 12.6 Å². The van der Waals surface area contributed by atoms with E-state index < -0.39 is 0 Å². The minimum atomic E-state index is -0.123. The van der Waals surface area contributed by atoms with Gasteiger partial charge in [-0.05, 0) is 30.4 Å². The molecule has 0 aliphatic heterocycles. The van der Waals surface area contributed by atoms with Gasteiger partial charge >= 0.3 is 6.03 Å². The summed E-state index contributed by atoms with van der Waals surface area (Å²) in [5.74, 6) is 0. The molecule has 1 saturated carbocycles. The van der Waals surface area contributed by atoms with Crippen LogP contribution in [0.1, 0.15) is 31.4 Å². The van der Waals surface area contributed by atoms with E-state index in [9.17, 15) is 4.79 Å². The van der Waals surface area contributed by atoms with Crippen LogP contribution in [0.2, 0.25) is 0 Å². The van der Waals surface area contributed by atoms with Gasteiger partial charge in [0.15, 0.2) is 0 Å². The van der Waals surface area contributed by atoms with Crippen LogP contribution < -0.4 is 10.6 Å². The summed E-state index contributed by atoms with van der Waals surface area (Å²) in [7, 11) is 0. The summed E-state index contributed by atoms with van der Waals surface area (Å²) in [5.41, 5.74) is 0.750. The predicted octanol–water partition coefficient (Wildman–Crippen LogP) is 2.07. The zero-order chi connectivity index (χ0) is 13.8. The second-order valence-electron chi connectivity index (χ2n) is 4.91. The number of urea groups is 1. The van der Waals surface area contributed by atoms with Crippen molar-refractivity contribution in [2.24, 2.45) is 0 Å². The molecule has 1 fully saturated rings. The zero-order valence-electron chi connectivity index (χ0n) is 11.1. The second kappa shape index (κ2) is 6.04. The Morgan fingerprint density at radius 1 is 1.45 bits per heavy atom. The van der Waals surface area contributed by atoms with E-state index in [4.69, 9.17) is 0 Å². The normalized spacial score (nSPS) is 15.4. The molecule has 0 spiro atoms. The Bertz CT molecular complexity index is 559. The fourth-order valence-corrected chi connectivity index (χ4v) is 3.02. The highest BCUT2D eigenvalue weighted by molar-refractivity contribution is 7.12. The molecule has 2 heterocycles. The summed E-state index contributed by atoms with van der Waals surface area (Å²) in [5, 5.41) is 16.9. The minimum Gasteiger partial charge on any atom is -0.335 e. The van der Waals surface area contributed by atoms with Crippen LogP contribution in [-0.2, 0) is 6.54 Å². The summed E-state index contributed by atoms with van der Waals surface area (Å²) < 4.78 is 1.72. The van der Waals surface area contributed by atoms with Crippen LogP contribution in [0.3, 0.4) is 0 Å². The van der Waals surface area contributed by atoms with Crippen LogP contribution in [0, 0.1) is 0 Å². The van der Waals surface area contributed by atoms with E-state index in [2.05, 4.69) is 20.9 Å². The largest absolute Gasteiger partial charge is 0.335 e. The Hall–Kier alpha value is -1.89. The quantitative estimate of drug-likeness (QED) is 0.906. The molecule has 2 amide bonds. The van der Waals surface area contributed by atoms with E-state index in [1.807, 2.05) is 23.7 Å². The number of hydrogen-bond donors (Lipinski definition) is 2. The highest BCUT2D eigenvalue weighted by atomic mass is 32.1. The lowest BCUT2D eigenvalue weighted by Gasteiger charge is -2.11. The number of amides is 2. The lowest BCUT2D eigenvalue weighted by atomic mass is 10.2. The Kier molecular flexibility index (Phi) is 3.96. The number of thiophene rings is 1. The molecular formula is C13H17N5OS. The molecule has 0 radical (unpaired) electrons. The third-order valence-electron chi connectivity index (χ3n) is 3.39. The first-order valence-corrected chi connectivity index (χ1v) is 7.69. The maximum absolute atomic E-state index is 11.7. The van der Waals surface area contributed by atoms with Crippen LogP contribution in [0.15, 0.2) is 23.7 Å². The standard InChI is InChI=1S/C13H17N5OS/c19-13(15-10-4-1-2-5-10)14-8-11-9-18(17-16-11)12-6-3-7-20-12/h3,6-7,9-10H,1-2,4-5,8H2,(H2,14,15,19). The Morgan fingerprint density at radius 3 is 3.05 bits per heavy atom. The van der Waals surface area contributed by atoms with Crippen molar-refractivity contribution >= 4 is 17.4 Å². The van der Waals surface area contributed by atoms with Crippen LogP contribution in [0.25, 0.3) is 5.00 Å². The van der Waals surface area contributed by atoms with Gasteiger partial charge in [-0.25, -0.2) is 9.48 Å². The third-order valence-corrected chi connectivity index (χ3v) is 4.25. The molecule has 0 aromatic carbocycles. The van der Waals surface area contributed by atoms with Gasteiger partial charge in [0, 0.05) is 6.04 Å². The topological polar surface area (TPSA) is 71.8 Å². The Labute approximate surface area is 121 Å². The molecule has 3 rings (SSSR count). The van der Waals surface area contributed by atoms with Crippen LogP contribution in [-0.4, -0.2) is 27.1 Å². The van der Waals surface area contributed by atoms with Crippen molar-refractivity contribution in [1.82, 2.24) is 25.6 Å². The van der Waals surface area contributed by atoms with Crippen molar-refractivity contribution in [3.05, 3.63) is 29.4 Å². The van der Waals surface area contributed by atoms with Gasteiger partial charge in [0.25, 0.3) is 0 Å². The number of carbonyl (C=O) groups excluding carboxylic acids is 1. The van der Waals surface area contributed by atoms with Gasteiger partial charge < -0.3 is 10.6 Å². The summed E-state index contributed by atoms with van der Waals surface area (Å²) >= 11 is 1.60. The first-order chi connectivity index (χ1) is 9.81. The van der Waals surface area contributed by atoms with Crippen molar-refractivity contribution in [3.8, 4) is 5.00 Å². The molecule has 0 bridgehead atoms. The molecule has 2 aromatic rings. The molecule has 0 saturated heterocycles. The van der Waals surface area contributed by atoms with E-state index >= 15 is 0 Å². The molecule has 0 atom stereocenters. The van der Waals surface area contributed by atoms with E-state index in [1.165, 1.54) is 12.8 Å². The fraction of sp³-hybridized carbons (Fsp3) is 0.462. The van der Waals surface area contributed by atoms with E-state index in [0.717, 1.165) is 23.5 Å². The first kappa shape index (κ1) is 13.1. The fourth-order valence-electron chi connectivity index (χ4n) is 2.36. The molecule has 2 aromatic heterocycles. The average Bonchev–Trinajstić information content (AvgIpc) is 3.18. The minimum absolute atomic E-state index is 0.123. The van der Waals surface area contributed by atoms with Crippen LogP contribution >= 0.6 is 11.3 Å². The zero-order valence-corrected chi connectivity index (χ0v) is 11.9. The predicted molar refractivity (Wildman–Crippen MR) is 76.9 cm³/mol. The number of aromatic nitrogens is 3. The van der Waals surface area contributed by atoms with Crippen LogP contribution in [0.5, 0.6) is 0 Å². The molecule has 7 heteroatoms. The van der Waals surface area contributed by atoms with Crippen molar-refractivity contribution in [1.29, 1.82) is 0 Å². The van der Waals surface area contributed by atoms with Crippen molar-refractivity contribution in [2.45, 2.75) is 38.3 Å². The lowest BCUT2D eigenvalue weighted by molar-refractivity contribution is 0.236.